The molecule has 6 nitrogen and oxygen atoms in total. The van der Waals surface area contributed by atoms with Crippen molar-refractivity contribution in [3.8, 4) is 17.1 Å². The Morgan fingerprint density at radius 3 is 2.86 bits per heavy atom. The molecule has 1 fully saturated rings. The first-order chi connectivity index (χ1) is 14.1. The number of ether oxygens (including phenoxy) is 1. The zero-order valence-electron chi connectivity index (χ0n) is 16.7. The van der Waals surface area contributed by atoms with E-state index in [2.05, 4.69) is 22.2 Å². The summed E-state index contributed by atoms with van der Waals surface area (Å²) in [7, 11) is 1.55. The van der Waals surface area contributed by atoms with E-state index in [4.69, 9.17) is 4.74 Å². The first-order valence-electron chi connectivity index (χ1n) is 10.1. The fourth-order valence-electron chi connectivity index (χ4n) is 3.36. The second kappa shape index (κ2) is 8.19. The molecule has 1 aliphatic rings. The summed E-state index contributed by atoms with van der Waals surface area (Å²) in [5.41, 5.74) is 0.0953. The Labute approximate surface area is 168 Å². The SMILES string of the molecule is CCCCCn1ccc2cc(-c3ncc(OC)c(NC4CC4)n3)c(F)cc2c1=O. The average molecular weight is 396 g/mol. The predicted molar refractivity (Wildman–Crippen MR) is 112 cm³/mol. The van der Waals surface area contributed by atoms with E-state index < -0.39 is 5.82 Å². The first-order valence-corrected chi connectivity index (χ1v) is 10.1. The topological polar surface area (TPSA) is 69.0 Å². The fraction of sp³-hybridized carbons (Fsp3) is 0.409. The molecule has 1 saturated carbocycles. The first kappa shape index (κ1) is 19.4. The number of unbranched alkanes of at least 4 members (excludes halogenated alkanes) is 2. The fourth-order valence-corrected chi connectivity index (χ4v) is 3.36. The number of aryl methyl sites for hydroxylation is 1. The van der Waals surface area contributed by atoms with Gasteiger partial charge in [-0.15, -0.1) is 0 Å². The van der Waals surface area contributed by atoms with Crippen molar-refractivity contribution in [2.75, 3.05) is 12.4 Å². The van der Waals surface area contributed by atoms with Gasteiger partial charge in [-0.1, -0.05) is 19.8 Å². The summed E-state index contributed by atoms with van der Waals surface area (Å²) in [4.78, 5) is 21.5. The van der Waals surface area contributed by atoms with Crippen LogP contribution in [0.5, 0.6) is 5.75 Å². The number of halogens is 1. The van der Waals surface area contributed by atoms with Crippen LogP contribution in [0, 0.1) is 5.82 Å². The van der Waals surface area contributed by atoms with Crippen molar-refractivity contribution in [2.24, 2.45) is 0 Å². The number of anilines is 1. The van der Waals surface area contributed by atoms with Crippen LogP contribution in [0.1, 0.15) is 39.0 Å². The van der Waals surface area contributed by atoms with E-state index in [-0.39, 0.29) is 16.9 Å². The van der Waals surface area contributed by atoms with Gasteiger partial charge in [0.25, 0.3) is 5.56 Å². The van der Waals surface area contributed by atoms with Gasteiger partial charge in [0.05, 0.1) is 24.3 Å². The van der Waals surface area contributed by atoms with Gasteiger partial charge < -0.3 is 14.6 Å². The number of nitrogens with zero attached hydrogens (tertiary/aromatic N) is 3. The van der Waals surface area contributed by atoms with Gasteiger partial charge >= 0.3 is 0 Å². The molecule has 29 heavy (non-hydrogen) atoms. The second-order valence-electron chi connectivity index (χ2n) is 7.47. The maximum absolute atomic E-state index is 14.9. The molecule has 0 atom stereocenters. The Bertz CT molecular complexity index is 1090. The van der Waals surface area contributed by atoms with Crippen LogP contribution in [0.25, 0.3) is 22.2 Å². The van der Waals surface area contributed by atoms with Crippen LogP contribution in [-0.4, -0.2) is 27.7 Å². The molecule has 4 rings (SSSR count). The van der Waals surface area contributed by atoms with Gasteiger partial charge in [-0.05, 0) is 42.8 Å². The lowest BCUT2D eigenvalue weighted by Crippen LogP contribution is -2.19. The van der Waals surface area contributed by atoms with Gasteiger partial charge in [-0.3, -0.25) is 4.79 Å². The van der Waals surface area contributed by atoms with E-state index in [0.717, 1.165) is 32.1 Å². The van der Waals surface area contributed by atoms with Gasteiger partial charge in [0.15, 0.2) is 17.4 Å². The van der Waals surface area contributed by atoms with E-state index in [1.54, 1.807) is 30.1 Å². The van der Waals surface area contributed by atoms with Crippen LogP contribution >= 0.6 is 0 Å². The maximum atomic E-state index is 14.9. The number of aromatic nitrogens is 3. The molecule has 0 bridgehead atoms. The Morgan fingerprint density at radius 2 is 2.14 bits per heavy atom. The van der Waals surface area contributed by atoms with E-state index in [1.807, 2.05) is 6.07 Å². The quantitative estimate of drug-likeness (QED) is 0.573. The average Bonchev–Trinajstić information content (AvgIpc) is 3.54. The molecule has 0 spiro atoms. The summed E-state index contributed by atoms with van der Waals surface area (Å²) in [5, 5.41) is 4.34. The normalized spacial score (nSPS) is 13.6. The summed E-state index contributed by atoms with van der Waals surface area (Å²) in [6.45, 7) is 2.76. The van der Waals surface area contributed by atoms with E-state index in [1.165, 1.54) is 6.07 Å². The van der Waals surface area contributed by atoms with Crippen LogP contribution < -0.4 is 15.6 Å². The molecule has 1 aliphatic carbocycles. The monoisotopic (exact) mass is 396 g/mol. The number of methoxy groups -OCH3 is 1. The molecule has 0 saturated heterocycles. The Hall–Kier alpha value is -2.96. The van der Waals surface area contributed by atoms with Crippen molar-refractivity contribution in [3.05, 3.63) is 46.8 Å². The molecule has 0 unspecified atom stereocenters. The minimum atomic E-state index is -0.511. The van der Waals surface area contributed by atoms with Crippen LogP contribution in [0.2, 0.25) is 0 Å². The highest BCUT2D eigenvalue weighted by atomic mass is 19.1. The lowest BCUT2D eigenvalue weighted by atomic mass is 10.1. The van der Waals surface area contributed by atoms with Crippen LogP contribution in [0.15, 0.2) is 35.4 Å². The van der Waals surface area contributed by atoms with Crippen molar-refractivity contribution in [3.63, 3.8) is 0 Å². The second-order valence-corrected chi connectivity index (χ2v) is 7.47. The summed E-state index contributed by atoms with van der Waals surface area (Å²) in [6, 6.07) is 5.16. The van der Waals surface area contributed by atoms with E-state index in [9.17, 15) is 9.18 Å². The number of pyridine rings is 1. The molecule has 152 valence electrons. The van der Waals surface area contributed by atoms with Gasteiger partial charge in [0, 0.05) is 18.8 Å². The third-order valence-electron chi connectivity index (χ3n) is 5.20. The lowest BCUT2D eigenvalue weighted by molar-refractivity contribution is 0.413. The van der Waals surface area contributed by atoms with E-state index in [0.29, 0.717) is 34.9 Å². The number of hydrogen-bond donors (Lipinski definition) is 1. The summed E-state index contributed by atoms with van der Waals surface area (Å²) >= 11 is 0. The van der Waals surface area contributed by atoms with Crippen LogP contribution in [0.4, 0.5) is 10.2 Å². The predicted octanol–water partition coefficient (Wildman–Crippen LogP) is 4.37. The molecular formula is C22H25FN4O2. The van der Waals surface area contributed by atoms with Crippen molar-refractivity contribution >= 4 is 16.6 Å². The van der Waals surface area contributed by atoms with E-state index >= 15 is 0 Å². The Morgan fingerprint density at radius 1 is 1.31 bits per heavy atom. The molecule has 0 aliphatic heterocycles. The highest BCUT2D eigenvalue weighted by molar-refractivity contribution is 5.86. The third-order valence-corrected chi connectivity index (χ3v) is 5.20. The van der Waals surface area contributed by atoms with Crippen molar-refractivity contribution < 1.29 is 9.13 Å². The molecule has 2 heterocycles. The molecule has 0 amide bonds. The van der Waals surface area contributed by atoms with Gasteiger partial charge in [-0.25, -0.2) is 14.4 Å². The highest BCUT2D eigenvalue weighted by Gasteiger charge is 2.24. The van der Waals surface area contributed by atoms with Gasteiger partial charge in [0.2, 0.25) is 0 Å². The van der Waals surface area contributed by atoms with Crippen molar-refractivity contribution in [1.29, 1.82) is 0 Å². The molecule has 7 heteroatoms. The third kappa shape index (κ3) is 4.09. The zero-order chi connectivity index (χ0) is 20.4. The molecular weight excluding hydrogens is 371 g/mol. The van der Waals surface area contributed by atoms with Crippen LogP contribution in [-0.2, 0) is 6.54 Å². The maximum Gasteiger partial charge on any atom is 0.258 e. The minimum absolute atomic E-state index is 0.171. The number of hydrogen-bond acceptors (Lipinski definition) is 5. The highest BCUT2D eigenvalue weighted by Crippen LogP contribution is 2.32. The number of rotatable bonds is 8. The van der Waals surface area contributed by atoms with Gasteiger partial charge in [0.1, 0.15) is 5.82 Å². The molecule has 1 N–H and O–H groups in total. The molecule has 3 aromatic rings. The largest absolute Gasteiger partial charge is 0.491 e. The number of fused-ring (bicyclic) bond motifs is 1. The van der Waals surface area contributed by atoms with Gasteiger partial charge in [-0.2, -0.15) is 0 Å². The number of benzene rings is 1. The summed E-state index contributed by atoms with van der Waals surface area (Å²) in [5.74, 6) is 0.839. The number of nitrogens with one attached hydrogen (secondary N) is 1. The smallest absolute Gasteiger partial charge is 0.258 e. The van der Waals surface area contributed by atoms with Crippen molar-refractivity contribution in [2.45, 2.75) is 51.6 Å². The van der Waals surface area contributed by atoms with Crippen LogP contribution in [0.3, 0.4) is 0 Å². The molecule has 2 aromatic heterocycles. The standard InChI is InChI=1S/C22H25FN4O2/c1-3-4-5-9-27-10-8-14-11-17(18(23)12-16(14)22(27)28)20-24-13-19(29-2)21(26-20)25-15-6-7-15/h8,10-13,15H,3-7,9H2,1-2H3,(H,24,25,26). The summed E-state index contributed by atoms with van der Waals surface area (Å²) in [6.07, 6.45) is 8.55. The van der Waals surface area contributed by atoms with Crippen molar-refractivity contribution in [1.82, 2.24) is 14.5 Å². The minimum Gasteiger partial charge on any atom is -0.491 e. The molecule has 1 aromatic carbocycles. The Kier molecular flexibility index (Phi) is 5.47. The lowest BCUT2D eigenvalue weighted by Gasteiger charge is -2.12. The Balaban J connectivity index is 1.72. The summed E-state index contributed by atoms with van der Waals surface area (Å²) < 4.78 is 21.9. The molecule has 0 radical (unpaired) electrons. The zero-order valence-corrected chi connectivity index (χ0v) is 16.7.